The normalized spacial score (nSPS) is 18.9. The summed E-state index contributed by atoms with van der Waals surface area (Å²) in [5.41, 5.74) is 5.30. The average Bonchev–Trinajstić information content (AvgIpc) is 3.64. The molecule has 8 nitrogen and oxygen atoms in total. The maximum Gasteiger partial charge on any atom is 0.256 e. The number of aromatic amines is 1. The van der Waals surface area contributed by atoms with Crippen molar-refractivity contribution in [3.05, 3.63) is 78.1 Å². The van der Waals surface area contributed by atoms with Gasteiger partial charge in [0.1, 0.15) is 5.78 Å². The maximum absolute atomic E-state index is 13.8. The van der Waals surface area contributed by atoms with Crippen LogP contribution in [0.25, 0.3) is 16.9 Å². The fourth-order valence-corrected chi connectivity index (χ4v) is 6.38. The Hall–Kier alpha value is -4.20. The van der Waals surface area contributed by atoms with Crippen LogP contribution in [0.2, 0.25) is 0 Å². The number of amides is 2. The van der Waals surface area contributed by atoms with E-state index in [-0.39, 0.29) is 28.9 Å². The van der Waals surface area contributed by atoms with E-state index < -0.39 is 0 Å². The van der Waals surface area contributed by atoms with Gasteiger partial charge in [0.05, 0.1) is 28.4 Å². The van der Waals surface area contributed by atoms with E-state index in [1.807, 2.05) is 68.9 Å². The molecule has 37 heavy (non-hydrogen) atoms. The number of para-hydroxylation sites is 1. The Kier molecular flexibility index (Phi) is 4.86. The van der Waals surface area contributed by atoms with Crippen molar-refractivity contribution >= 4 is 28.8 Å². The summed E-state index contributed by atoms with van der Waals surface area (Å²) < 4.78 is 2.02. The fraction of sp³-hybridized carbons (Fsp3) is 0.310. The summed E-state index contributed by atoms with van der Waals surface area (Å²) in [6.07, 6.45) is 5.98. The second-order valence-electron chi connectivity index (χ2n) is 10.5. The van der Waals surface area contributed by atoms with Crippen LogP contribution < -0.4 is 4.90 Å². The minimum atomic E-state index is -0.190. The molecule has 2 amide bonds. The Morgan fingerprint density at radius 3 is 2.54 bits per heavy atom. The number of benzene rings is 1. The lowest BCUT2D eigenvalue weighted by molar-refractivity contribution is -0.136. The summed E-state index contributed by atoms with van der Waals surface area (Å²) in [7, 11) is 0. The molecule has 3 aliphatic rings. The second-order valence-corrected chi connectivity index (χ2v) is 10.5. The molecule has 3 aromatic heterocycles. The first kappa shape index (κ1) is 22.0. The third-order valence-electron chi connectivity index (χ3n) is 8.48. The van der Waals surface area contributed by atoms with Gasteiger partial charge in [-0.2, -0.15) is 5.10 Å². The van der Waals surface area contributed by atoms with Gasteiger partial charge in [0, 0.05) is 56.0 Å². The highest BCUT2D eigenvalue weighted by Gasteiger charge is 2.49. The molecule has 0 atom stereocenters. The molecule has 186 valence electrons. The van der Waals surface area contributed by atoms with Crippen LogP contribution in [-0.2, 0) is 15.0 Å². The zero-order valence-electron chi connectivity index (χ0n) is 20.4. The smallest absolute Gasteiger partial charge is 0.256 e. The van der Waals surface area contributed by atoms with Gasteiger partial charge in [-0.25, -0.2) is 0 Å². The zero-order chi connectivity index (χ0) is 25.1. The van der Waals surface area contributed by atoms with Crippen LogP contribution in [0.3, 0.4) is 0 Å². The van der Waals surface area contributed by atoms with Crippen LogP contribution >= 0.6 is 0 Å². The van der Waals surface area contributed by atoms with Crippen molar-refractivity contribution in [2.45, 2.75) is 31.1 Å². The van der Waals surface area contributed by atoms with Crippen molar-refractivity contribution in [3.8, 4) is 11.4 Å². The van der Waals surface area contributed by atoms with Gasteiger partial charge < -0.3 is 14.2 Å². The molecule has 1 spiro atoms. The number of carbonyl (C=O) groups is 3. The van der Waals surface area contributed by atoms with Gasteiger partial charge in [-0.15, -0.1) is 0 Å². The molecule has 0 bridgehead atoms. The maximum atomic E-state index is 13.8. The standard InChI is InChI=1S/C29H27N5O3/c35-20-15-19(16-20)27(36)34-18-29(22-5-1-2-7-25(22)34)9-13-32(14-10-29)28(37)21-17-26(23-8-11-30-31-23)33-12-4-3-6-24(21)33/h1-8,11-12,17,19H,9-10,13-16,18H2,(H,30,31). The van der Waals surface area contributed by atoms with Crippen LogP contribution in [0.5, 0.6) is 0 Å². The molecule has 5 heterocycles. The zero-order valence-corrected chi connectivity index (χ0v) is 20.4. The van der Waals surface area contributed by atoms with Gasteiger partial charge in [0.25, 0.3) is 5.91 Å². The largest absolute Gasteiger partial charge is 0.339 e. The second kappa shape index (κ2) is 8.16. The number of fused-ring (bicyclic) bond motifs is 3. The molecule has 0 radical (unpaired) electrons. The number of hydrogen-bond donors (Lipinski definition) is 1. The summed E-state index contributed by atoms with van der Waals surface area (Å²) in [6, 6.07) is 17.9. The summed E-state index contributed by atoms with van der Waals surface area (Å²) in [4.78, 5) is 42.4. The molecular formula is C29H27N5O3. The number of pyridine rings is 1. The molecule has 7 rings (SSSR count). The van der Waals surface area contributed by atoms with Crippen LogP contribution in [0.4, 0.5) is 5.69 Å². The Balaban J connectivity index is 1.15. The Morgan fingerprint density at radius 1 is 1.00 bits per heavy atom. The number of anilines is 1. The number of hydrogen-bond acceptors (Lipinski definition) is 4. The van der Waals surface area contributed by atoms with E-state index in [1.54, 1.807) is 6.20 Å². The van der Waals surface area contributed by atoms with Crippen molar-refractivity contribution in [1.29, 1.82) is 0 Å². The predicted molar refractivity (Wildman–Crippen MR) is 138 cm³/mol. The van der Waals surface area contributed by atoms with Crippen LogP contribution in [0.15, 0.2) is 67.0 Å². The lowest BCUT2D eigenvalue weighted by Gasteiger charge is -2.40. The molecular weight excluding hydrogens is 466 g/mol. The molecule has 1 saturated carbocycles. The summed E-state index contributed by atoms with van der Waals surface area (Å²) in [5, 5.41) is 7.08. The third-order valence-corrected chi connectivity index (χ3v) is 8.48. The average molecular weight is 494 g/mol. The van der Waals surface area contributed by atoms with Crippen molar-refractivity contribution in [3.63, 3.8) is 0 Å². The molecule has 2 fully saturated rings. The quantitative estimate of drug-likeness (QED) is 0.470. The third kappa shape index (κ3) is 3.35. The van der Waals surface area contributed by atoms with Gasteiger partial charge in [0.2, 0.25) is 5.91 Å². The summed E-state index contributed by atoms with van der Waals surface area (Å²) in [5.74, 6) is 0.0661. The monoisotopic (exact) mass is 493 g/mol. The number of H-pyrrole nitrogens is 1. The Labute approximate surface area is 213 Å². The molecule has 2 aliphatic heterocycles. The number of piperidine rings is 1. The van der Waals surface area contributed by atoms with Crippen LogP contribution in [-0.4, -0.2) is 56.7 Å². The van der Waals surface area contributed by atoms with E-state index in [9.17, 15) is 14.4 Å². The SMILES string of the molecule is O=C1CC(C(=O)N2CC3(CCN(C(=O)c4cc(-c5ccn[nH]5)n5ccccc45)CC3)c3ccccc32)C1. The minimum Gasteiger partial charge on any atom is -0.339 e. The fourth-order valence-electron chi connectivity index (χ4n) is 6.38. The number of rotatable bonds is 3. The highest BCUT2D eigenvalue weighted by molar-refractivity contribution is 6.05. The van der Waals surface area contributed by atoms with Gasteiger partial charge in [0.15, 0.2) is 0 Å². The molecule has 0 unspecified atom stereocenters. The molecule has 1 aromatic carbocycles. The first-order chi connectivity index (χ1) is 18.0. The predicted octanol–water partition coefficient (Wildman–Crippen LogP) is 3.83. The van der Waals surface area contributed by atoms with Gasteiger partial charge in [-0.05, 0) is 48.7 Å². The number of nitrogens with one attached hydrogen (secondary N) is 1. The van der Waals surface area contributed by atoms with E-state index >= 15 is 0 Å². The first-order valence-electron chi connectivity index (χ1n) is 12.9. The summed E-state index contributed by atoms with van der Waals surface area (Å²) >= 11 is 0. The number of Topliss-reactive ketones (excluding diaryl/α,β-unsaturated/α-hetero) is 1. The van der Waals surface area contributed by atoms with Crippen molar-refractivity contribution in [2.24, 2.45) is 5.92 Å². The molecule has 1 saturated heterocycles. The Bertz CT molecular complexity index is 1540. The highest BCUT2D eigenvalue weighted by atomic mass is 16.2. The van der Waals surface area contributed by atoms with Crippen molar-refractivity contribution in [2.75, 3.05) is 24.5 Å². The van der Waals surface area contributed by atoms with Gasteiger partial charge in [-0.3, -0.25) is 19.5 Å². The van der Waals surface area contributed by atoms with E-state index in [0.717, 1.165) is 35.4 Å². The molecule has 8 heteroatoms. The van der Waals surface area contributed by atoms with E-state index in [1.165, 1.54) is 5.56 Å². The van der Waals surface area contributed by atoms with E-state index in [2.05, 4.69) is 16.3 Å². The molecule has 1 N–H and O–H groups in total. The van der Waals surface area contributed by atoms with Gasteiger partial charge >= 0.3 is 0 Å². The topological polar surface area (TPSA) is 90.8 Å². The van der Waals surface area contributed by atoms with Gasteiger partial charge in [-0.1, -0.05) is 24.3 Å². The number of carbonyl (C=O) groups excluding carboxylic acids is 3. The highest BCUT2D eigenvalue weighted by Crippen LogP contribution is 2.48. The Morgan fingerprint density at radius 2 is 1.78 bits per heavy atom. The number of ketones is 1. The first-order valence-corrected chi connectivity index (χ1v) is 12.9. The molecule has 4 aromatic rings. The van der Waals surface area contributed by atoms with Crippen LogP contribution in [0, 0.1) is 5.92 Å². The number of likely N-dealkylation sites (tertiary alicyclic amines) is 1. The minimum absolute atomic E-state index is 0.0245. The van der Waals surface area contributed by atoms with E-state index in [0.29, 0.717) is 38.0 Å². The lowest BCUT2D eigenvalue weighted by Crippen LogP contribution is -2.49. The van der Waals surface area contributed by atoms with Crippen LogP contribution in [0.1, 0.15) is 41.6 Å². The van der Waals surface area contributed by atoms with Crippen molar-refractivity contribution in [1.82, 2.24) is 19.5 Å². The van der Waals surface area contributed by atoms with Crippen molar-refractivity contribution < 1.29 is 14.4 Å². The molecule has 1 aliphatic carbocycles. The number of nitrogens with zero attached hydrogens (tertiary/aromatic N) is 4. The van der Waals surface area contributed by atoms with E-state index in [4.69, 9.17) is 0 Å². The number of aromatic nitrogens is 3. The lowest BCUT2D eigenvalue weighted by atomic mass is 9.74. The summed E-state index contributed by atoms with van der Waals surface area (Å²) in [6.45, 7) is 1.87.